The maximum atomic E-state index is 5.94. The van der Waals surface area contributed by atoms with E-state index in [0.717, 1.165) is 42.0 Å². The second kappa shape index (κ2) is 6.20. The van der Waals surface area contributed by atoms with E-state index in [0.29, 0.717) is 0 Å². The molecule has 0 fully saturated rings. The molecule has 1 N–H and O–H groups in total. The van der Waals surface area contributed by atoms with Crippen molar-refractivity contribution in [3.63, 3.8) is 0 Å². The van der Waals surface area contributed by atoms with Crippen molar-refractivity contribution in [1.29, 1.82) is 0 Å². The molecule has 0 radical (unpaired) electrons. The van der Waals surface area contributed by atoms with Gasteiger partial charge in [-0.15, -0.1) is 0 Å². The summed E-state index contributed by atoms with van der Waals surface area (Å²) in [5.41, 5.74) is 3.55. The smallest absolute Gasteiger partial charge is 0.123 e. The first-order valence-corrected chi connectivity index (χ1v) is 8.15. The second-order valence-electron chi connectivity index (χ2n) is 5.34. The summed E-state index contributed by atoms with van der Waals surface area (Å²) >= 11 is 3.62. The lowest BCUT2D eigenvalue weighted by atomic mass is 10.1. The molecule has 0 saturated heterocycles. The molecule has 0 spiro atoms. The first-order valence-electron chi connectivity index (χ1n) is 7.36. The number of nitrogens with zero attached hydrogens (tertiary/aromatic N) is 2. The molecule has 5 heteroatoms. The zero-order valence-electron chi connectivity index (χ0n) is 12.4. The normalized spacial score (nSPS) is 16.8. The summed E-state index contributed by atoms with van der Waals surface area (Å²) in [5.74, 6) is 1.03. The standard InChI is InChI=1S/C16H20BrN3O/c1-3-20-14(16(17)11(2)19-20)10-18-9-13-8-12-6-4-5-7-15(12)21-13/h4-7,13,18H,3,8-10H2,1-2H3. The van der Waals surface area contributed by atoms with Gasteiger partial charge < -0.3 is 10.1 Å². The van der Waals surface area contributed by atoms with E-state index in [1.54, 1.807) is 0 Å². The zero-order chi connectivity index (χ0) is 14.8. The Morgan fingerprint density at radius 3 is 3.00 bits per heavy atom. The van der Waals surface area contributed by atoms with Gasteiger partial charge in [-0.3, -0.25) is 4.68 Å². The molecule has 0 amide bonds. The fourth-order valence-electron chi connectivity index (χ4n) is 2.76. The van der Waals surface area contributed by atoms with Gasteiger partial charge in [-0.25, -0.2) is 0 Å². The van der Waals surface area contributed by atoms with Gasteiger partial charge in [-0.05, 0) is 41.4 Å². The van der Waals surface area contributed by atoms with Crippen molar-refractivity contribution < 1.29 is 4.74 Å². The van der Waals surface area contributed by atoms with Crippen molar-refractivity contribution in [2.75, 3.05) is 6.54 Å². The van der Waals surface area contributed by atoms with Gasteiger partial charge in [0.2, 0.25) is 0 Å². The Kier molecular flexibility index (Phi) is 4.31. The molecule has 1 unspecified atom stereocenters. The number of fused-ring (bicyclic) bond motifs is 1. The van der Waals surface area contributed by atoms with Crippen LogP contribution >= 0.6 is 15.9 Å². The molecule has 0 aliphatic carbocycles. The van der Waals surface area contributed by atoms with E-state index < -0.39 is 0 Å². The first-order chi connectivity index (χ1) is 10.2. The minimum Gasteiger partial charge on any atom is -0.488 e. The van der Waals surface area contributed by atoms with Crippen LogP contribution in [0.2, 0.25) is 0 Å². The highest BCUT2D eigenvalue weighted by Crippen LogP contribution is 2.28. The molecule has 3 rings (SSSR count). The number of benzene rings is 1. The number of aromatic nitrogens is 2. The van der Waals surface area contributed by atoms with E-state index in [4.69, 9.17) is 4.74 Å². The average Bonchev–Trinajstić information content (AvgIpc) is 3.02. The Bertz CT molecular complexity index is 613. The molecule has 1 aromatic carbocycles. The summed E-state index contributed by atoms with van der Waals surface area (Å²) in [5, 5.41) is 8.00. The molecule has 1 aliphatic heterocycles. The highest BCUT2D eigenvalue weighted by molar-refractivity contribution is 9.10. The van der Waals surface area contributed by atoms with Crippen molar-refractivity contribution in [2.24, 2.45) is 0 Å². The third-order valence-corrected chi connectivity index (χ3v) is 4.86. The van der Waals surface area contributed by atoms with E-state index >= 15 is 0 Å². The van der Waals surface area contributed by atoms with Crippen LogP contribution in [0.5, 0.6) is 5.75 Å². The molecule has 0 bridgehead atoms. The number of hydrogen-bond donors (Lipinski definition) is 1. The summed E-state index contributed by atoms with van der Waals surface area (Å²) in [6.45, 7) is 6.66. The predicted molar refractivity (Wildman–Crippen MR) is 86.6 cm³/mol. The molecule has 2 aromatic rings. The number of halogens is 1. The van der Waals surface area contributed by atoms with Gasteiger partial charge in [-0.2, -0.15) is 5.10 Å². The quantitative estimate of drug-likeness (QED) is 0.901. The van der Waals surface area contributed by atoms with Crippen molar-refractivity contribution in [3.8, 4) is 5.75 Å². The third-order valence-electron chi connectivity index (χ3n) is 3.83. The van der Waals surface area contributed by atoms with Crippen molar-refractivity contribution in [2.45, 2.75) is 39.5 Å². The first kappa shape index (κ1) is 14.6. The molecule has 112 valence electrons. The summed E-state index contributed by atoms with van der Waals surface area (Å²) in [6.07, 6.45) is 1.21. The Hall–Kier alpha value is -1.33. The third kappa shape index (κ3) is 2.99. The Morgan fingerprint density at radius 2 is 2.24 bits per heavy atom. The fraction of sp³-hybridized carbons (Fsp3) is 0.438. The van der Waals surface area contributed by atoms with Crippen LogP contribution in [-0.4, -0.2) is 22.4 Å². The lowest BCUT2D eigenvalue weighted by Crippen LogP contribution is -2.30. The number of aryl methyl sites for hydroxylation is 2. The minimum atomic E-state index is 0.222. The van der Waals surface area contributed by atoms with Crippen molar-refractivity contribution in [3.05, 3.63) is 45.7 Å². The van der Waals surface area contributed by atoms with Crippen LogP contribution in [0.4, 0.5) is 0 Å². The monoisotopic (exact) mass is 349 g/mol. The SMILES string of the molecule is CCn1nc(C)c(Br)c1CNCC1Cc2ccccc2O1. The number of hydrogen-bond acceptors (Lipinski definition) is 3. The molecular weight excluding hydrogens is 330 g/mol. The van der Waals surface area contributed by atoms with Crippen LogP contribution < -0.4 is 10.1 Å². The Labute approximate surface area is 133 Å². The van der Waals surface area contributed by atoms with Gasteiger partial charge in [-0.1, -0.05) is 18.2 Å². The van der Waals surface area contributed by atoms with Gasteiger partial charge in [0.25, 0.3) is 0 Å². The summed E-state index contributed by atoms with van der Waals surface area (Å²) in [4.78, 5) is 0. The van der Waals surface area contributed by atoms with E-state index in [9.17, 15) is 0 Å². The van der Waals surface area contributed by atoms with Gasteiger partial charge in [0, 0.05) is 26.1 Å². The van der Waals surface area contributed by atoms with E-state index in [1.165, 1.54) is 11.3 Å². The molecule has 4 nitrogen and oxygen atoms in total. The summed E-state index contributed by atoms with van der Waals surface area (Å²) in [6, 6.07) is 8.27. The maximum absolute atomic E-state index is 5.94. The zero-order valence-corrected chi connectivity index (χ0v) is 14.0. The van der Waals surface area contributed by atoms with E-state index in [-0.39, 0.29) is 6.10 Å². The van der Waals surface area contributed by atoms with E-state index in [2.05, 4.69) is 45.4 Å². The molecule has 21 heavy (non-hydrogen) atoms. The number of para-hydroxylation sites is 1. The van der Waals surface area contributed by atoms with E-state index in [1.807, 2.05) is 23.7 Å². The Balaban J connectivity index is 1.56. The largest absolute Gasteiger partial charge is 0.488 e. The molecule has 1 atom stereocenters. The lowest BCUT2D eigenvalue weighted by Gasteiger charge is -2.12. The van der Waals surface area contributed by atoms with Gasteiger partial charge >= 0.3 is 0 Å². The molecule has 0 saturated carbocycles. The second-order valence-corrected chi connectivity index (χ2v) is 6.14. The minimum absolute atomic E-state index is 0.222. The fourth-order valence-corrected chi connectivity index (χ4v) is 3.18. The van der Waals surface area contributed by atoms with Crippen LogP contribution in [0, 0.1) is 6.92 Å². The number of ether oxygens (including phenoxy) is 1. The number of rotatable bonds is 5. The highest BCUT2D eigenvalue weighted by atomic mass is 79.9. The van der Waals surface area contributed by atoms with Gasteiger partial charge in [0.05, 0.1) is 15.9 Å². The van der Waals surface area contributed by atoms with Crippen molar-refractivity contribution >= 4 is 15.9 Å². The van der Waals surface area contributed by atoms with Crippen LogP contribution in [-0.2, 0) is 19.5 Å². The molecule has 2 heterocycles. The Morgan fingerprint density at radius 1 is 1.43 bits per heavy atom. The molecule has 1 aliphatic rings. The number of nitrogens with one attached hydrogen (secondary N) is 1. The van der Waals surface area contributed by atoms with Gasteiger partial charge in [0.1, 0.15) is 11.9 Å². The topological polar surface area (TPSA) is 39.1 Å². The van der Waals surface area contributed by atoms with Crippen LogP contribution in [0.3, 0.4) is 0 Å². The predicted octanol–water partition coefficient (Wildman–Crippen LogP) is 3.07. The maximum Gasteiger partial charge on any atom is 0.123 e. The molecular formula is C16H20BrN3O. The van der Waals surface area contributed by atoms with Crippen molar-refractivity contribution in [1.82, 2.24) is 15.1 Å². The van der Waals surface area contributed by atoms with Crippen LogP contribution in [0.1, 0.15) is 23.9 Å². The summed E-state index contributed by atoms with van der Waals surface area (Å²) in [7, 11) is 0. The van der Waals surface area contributed by atoms with Crippen LogP contribution in [0.25, 0.3) is 0 Å². The highest BCUT2D eigenvalue weighted by Gasteiger charge is 2.22. The average molecular weight is 350 g/mol. The summed E-state index contributed by atoms with van der Waals surface area (Å²) < 4.78 is 9.08. The van der Waals surface area contributed by atoms with Crippen LogP contribution in [0.15, 0.2) is 28.7 Å². The molecule has 1 aromatic heterocycles. The van der Waals surface area contributed by atoms with Gasteiger partial charge in [0.15, 0.2) is 0 Å². The lowest BCUT2D eigenvalue weighted by molar-refractivity contribution is 0.226.